The van der Waals surface area contributed by atoms with Crippen LogP contribution in [-0.4, -0.2) is 50.3 Å². The lowest BCUT2D eigenvalue weighted by Crippen LogP contribution is -2.32. The van der Waals surface area contributed by atoms with Crippen molar-refractivity contribution in [1.29, 1.82) is 0 Å². The van der Waals surface area contributed by atoms with Crippen LogP contribution in [0.25, 0.3) is 21.5 Å². The first-order valence-electron chi connectivity index (χ1n) is 14.4. The summed E-state index contributed by atoms with van der Waals surface area (Å²) >= 11 is 2.61. The molecule has 0 bridgehead atoms. The number of para-hydroxylation sites is 1. The highest BCUT2D eigenvalue weighted by Crippen LogP contribution is 2.33. The minimum atomic E-state index is -1.17. The van der Waals surface area contributed by atoms with E-state index >= 15 is 0 Å². The number of hydrogen-bond acceptors (Lipinski definition) is 11. The summed E-state index contributed by atoms with van der Waals surface area (Å²) in [6.07, 6.45) is 0.671. The molecular formula is C33H26N8O4S2. The molecule has 0 unspecified atom stereocenters. The number of nitrogen functional groups attached to an aromatic ring is 2. The number of nitrogens with one attached hydrogen (secondary N) is 2. The van der Waals surface area contributed by atoms with Crippen molar-refractivity contribution in [3.63, 3.8) is 0 Å². The maximum atomic E-state index is 13.4. The van der Waals surface area contributed by atoms with Crippen molar-refractivity contribution < 1.29 is 19.4 Å². The molecule has 0 saturated carbocycles. The molecule has 0 atom stereocenters. The monoisotopic (exact) mass is 662 g/mol. The summed E-state index contributed by atoms with van der Waals surface area (Å²) in [5.41, 5.74) is 16.5. The number of carbonyl (C=O) groups excluding carboxylic acids is 1. The van der Waals surface area contributed by atoms with Crippen LogP contribution in [0.3, 0.4) is 0 Å². The van der Waals surface area contributed by atoms with E-state index in [9.17, 15) is 14.7 Å². The molecule has 6 aromatic rings. The standard InChI is InChI=1S/C33H26N8O4S2/c34-26-27(39-40-29(26)35)19-7-3-8-20(16-19)45-15-5-12-25-28(31(43)44)37-33(47-25)41-14-13-18-6-4-9-21(22(18)17-41)30(42)38-32-36-23-10-1-2-11-24(23)46-32/h1-4,6-11,16H,13-15,17,34H2,(H,43,44)(H3,35,39,40)(H,36,38,42). The van der Waals surface area contributed by atoms with Gasteiger partial charge < -0.3 is 26.2 Å². The SMILES string of the molecule is Nc1[nH]nc(-c2cccc(OCC#Cc3sc(N4CCc5cccc(C(=O)Nc6nc7ccccc7s6)c5C4)nc3C(=O)O)c2)c1N. The predicted octanol–water partition coefficient (Wildman–Crippen LogP) is 5.25. The summed E-state index contributed by atoms with van der Waals surface area (Å²) in [4.78, 5) is 36.8. The van der Waals surface area contributed by atoms with Crippen LogP contribution >= 0.6 is 22.7 Å². The minimum Gasteiger partial charge on any atom is -0.481 e. The van der Waals surface area contributed by atoms with Gasteiger partial charge >= 0.3 is 5.97 Å². The van der Waals surface area contributed by atoms with Gasteiger partial charge in [-0.25, -0.2) is 14.8 Å². The summed E-state index contributed by atoms with van der Waals surface area (Å²) in [5.74, 6) is 5.23. The van der Waals surface area contributed by atoms with Crippen molar-refractivity contribution in [2.45, 2.75) is 13.0 Å². The number of hydrogen-bond donors (Lipinski definition) is 5. The van der Waals surface area contributed by atoms with Gasteiger partial charge in [-0.1, -0.05) is 65.0 Å². The first-order valence-corrected chi connectivity index (χ1v) is 16.1. The lowest BCUT2D eigenvalue weighted by atomic mass is 9.94. The van der Waals surface area contributed by atoms with Gasteiger partial charge in [-0.2, -0.15) is 5.10 Å². The van der Waals surface area contributed by atoms with E-state index in [1.165, 1.54) is 22.7 Å². The van der Waals surface area contributed by atoms with E-state index in [1.54, 1.807) is 24.3 Å². The average Bonchev–Trinajstić information content (AvgIpc) is 3.79. The maximum absolute atomic E-state index is 13.4. The van der Waals surface area contributed by atoms with Crippen LogP contribution in [0.1, 0.15) is 36.9 Å². The number of ether oxygens (including phenoxy) is 1. The molecular weight excluding hydrogens is 637 g/mol. The molecule has 3 aromatic carbocycles. The van der Waals surface area contributed by atoms with Gasteiger partial charge in [0.1, 0.15) is 34.4 Å². The number of carbonyl (C=O) groups is 2. The molecule has 0 spiro atoms. The third-order valence-corrected chi connectivity index (χ3v) is 9.56. The molecule has 1 amide bonds. The number of benzene rings is 3. The quantitative estimate of drug-likeness (QED) is 0.141. The summed E-state index contributed by atoms with van der Waals surface area (Å²) in [6, 6.07) is 20.6. The Kier molecular flexibility index (Phi) is 7.90. The number of aromatic carboxylic acids is 1. The van der Waals surface area contributed by atoms with Crippen molar-refractivity contribution in [2.24, 2.45) is 0 Å². The van der Waals surface area contributed by atoms with Crippen LogP contribution in [0.2, 0.25) is 0 Å². The van der Waals surface area contributed by atoms with Crippen LogP contribution in [0.5, 0.6) is 5.75 Å². The number of anilines is 4. The predicted molar refractivity (Wildman–Crippen MR) is 183 cm³/mol. The highest BCUT2D eigenvalue weighted by Gasteiger charge is 2.26. The second-order valence-electron chi connectivity index (χ2n) is 10.6. The van der Waals surface area contributed by atoms with Gasteiger partial charge in [-0.05, 0) is 53.8 Å². The molecule has 0 saturated heterocycles. The van der Waals surface area contributed by atoms with E-state index in [-0.39, 0.29) is 24.0 Å². The van der Waals surface area contributed by atoms with Crippen molar-refractivity contribution in [3.05, 3.63) is 94.0 Å². The summed E-state index contributed by atoms with van der Waals surface area (Å²) in [6.45, 7) is 1.02. The first-order chi connectivity index (χ1) is 22.8. The van der Waals surface area contributed by atoms with Gasteiger partial charge in [0.15, 0.2) is 16.0 Å². The van der Waals surface area contributed by atoms with Crippen LogP contribution in [0, 0.1) is 11.8 Å². The molecule has 1 aliphatic rings. The third kappa shape index (κ3) is 6.05. The fourth-order valence-corrected chi connectivity index (χ4v) is 7.09. The van der Waals surface area contributed by atoms with E-state index < -0.39 is 5.97 Å². The molecule has 47 heavy (non-hydrogen) atoms. The molecule has 0 aliphatic carbocycles. The summed E-state index contributed by atoms with van der Waals surface area (Å²) in [7, 11) is 0. The number of amides is 1. The van der Waals surface area contributed by atoms with Crippen LogP contribution < -0.4 is 26.4 Å². The Morgan fingerprint density at radius 3 is 2.72 bits per heavy atom. The highest BCUT2D eigenvalue weighted by atomic mass is 32.1. The van der Waals surface area contributed by atoms with Gasteiger partial charge in [-0.3, -0.25) is 15.2 Å². The Morgan fingerprint density at radius 2 is 1.91 bits per heavy atom. The van der Waals surface area contributed by atoms with E-state index in [4.69, 9.17) is 16.2 Å². The Balaban J connectivity index is 1.06. The van der Waals surface area contributed by atoms with Gasteiger partial charge in [0, 0.05) is 24.2 Å². The summed E-state index contributed by atoms with van der Waals surface area (Å²) < 4.78 is 6.78. The number of nitrogens with zero attached hydrogens (tertiary/aromatic N) is 4. The normalized spacial score (nSPS) is 12.3. The first kappa shape index (κ1) is 29.8. The molecule has 7 rings (SSSR count). The van der Waals surface area contributed by atoms with E-state index in [0.717, 1.165) is 26.9 Å². The van der Waals surface area contributed by atoms with Gasteiger partial charge in [0.2, 0.25) is 0 Å². The zero-order chi connectivity index (χ0) is 32.5. The van der Waals surface area contributed by atoms with Crippen LogP contribution in [0.15, 0.2) is 66.7 Å². The number of rotatable bonds is 7. The Bertz CT molecular complexity index is 2200. The van der Waals surface area contributed by atoms with Gasteiger partial charge in [-0.15, -0.1) is 0 Å². The van der Waals surface area contributed by atoms with Crippen molar-refractivity contribution >= 4 is 66.5 Å². The molecule has 4 heterocycles. The minimum absolute atomic E-state index is 0.0121. The summed E-state index contributed by atoms with van der Waals surface area (Å²) in [5, 5.41) is 20.7. The Hall–Kier alpha value is -5.91. The Labute approximate surface area is 276 Å². The number of carboxylic acids is 1. The Morgan fingerprint density at radius 1 is 1.06 bits per heavy atom. The smallest absolute Gasteiger partial charge is 0.356 e. The van der Waals surface area contributed by atoms with E-state index in [2.05, 4.69) is 37.3 Å². The molecule has 0 fully saturated rings. The fourth-order valence-electron chi connectivity index (χ4n) is 5.27. The van der Waals surface area contributed by atoms with Crippen LogP contribution in [0.4, 0.5) is 21.8 Å². The zero-order valence-electron chi connectivity index (χ0n) is 24.6. The highest BCUT2D eigenvalue weighted by molar-refractivity contribution is 7.22. The fraction of sp³-hybridized carbons (Fsp3) is 0.121. The largest absolute Gasteiger partial charge is 0.481 e. The topological polar surface area (TPSA) is 185 Å². The number of aromatic amines is 1. The van der Waals surface area contributed by atoms with Gasteiger partial charge in [0.25, 0.3) is 5.91 Å². The lowest BCUT2D eigenvalue weighted by Gasteiger charge is -2.29. The van der Waals surface area contributed by atoms with Crippen LogP contribution in [-0.2, 0) is 13.0 Å². The number of fused-ring (bicyclic) bond motifs is 2. The number of aromatic nitrogens is 4. The average molecular weight is 663 g/mol. The lowest BCUT2D eigenvalue weighted by molar-refractivity contribution is 0.0691. The van der Waals surface area contributed by atoms with Crippen molar-refractivity contribution in [3.8, 4) is 28.8 Å². The molecule has 234 valence electrons. The van der Waals surface area contributed by atoms with Gasteiger partial charge in [0.05, 0.1) is 10.2 Å². The number of carboxylic acid groups (broad SMARTS) is 1. The third-order valence-electron chi connectivity index (χ3n) is 7.57. The van der Waals surface area contributed by atoms with Crippen molar-refractivity contribution in [2.75, 3.05) is 34.8 Å². The number of nitrogens with two attached hydrogens (primary N) is 2. The molecule has 12 nitrogen and oxygen atoms in total. The molecule has 0 radical (unpaired) electrons. The van der Waals surface area contributed by atoms with E-state index in [0.29, 0.717) is 57.3 Å². The second-order valence-corrected chi connectivity index (χ2v) is 12.6. The zero-order valence-corrected chi connectivity index (χ0v) is 26.2. The molecule has 14 heteroatoms. The second kappa shape index (κ2) is 12.5. The maximum Gasteiger partial charge on any atom is 0.356 e. The van der Waals surface area contributed by atoms with Crippen molar-refractivity contribution in [1.82, 2.24) is 20.2 Å². The molecule has 7 N–H and O–H groups in total. The number of thiazole rings is 2. The number of H-pyrrole nitrogens is 1. The molecule has 3 aromatic heterocycles. The van der Waals surface area contributed by atoms with E-state index in [1.807, 2.05) is 47.4 Å². The molecule has 1 aliphatic heterocycles.